The van der Waals surface area contributed by atoms with Gasteiger partial charge in [0.15, 0.2) is 5.96 Å². The van der Waals surface area contributed by atoms with Gasteiger partial charge in [0.05, 0.1) is 5.69 Å². The first-order valence-corrected chi connectivity index (χ1v) is 8.31. The first kappa shape index (κ1) is 17.8. The fraction of sp³-hybridized carbons (Fsp3) is 0.444. The Bertz CT molecular complexity index is 631. The molecule has 0 radical (unpaired) electrons. The van der Waals surface area contributed by atoms with Crippen LogP contribution >= 0.6 is 0 Å². The third-order valence-corrected chi connectivity index (χ3v) is 3.73. The van der Waals surface area contributed by atoms with Gasteiger partial charge >= 0.3 is 0 Å². The Morgan fingerprint density at radius 3 is 2.58 bits per heavy atom. The second-order valence-electron chi connectivity index (χ2n) is 5.63. The molecule has 0 amide bonds. The van der Waals surface area contributed by atoms with E-state index >= 15 is 0 Å². The maximum absolute atomic E-state index is 5.56. The van der Waals surface area contributed by atoms with Crippen LogP contribution in [0.1, 0.15) is 24.3 Å². The molecule has 2 N–H and O–H groups in total. The highest BCUT2D eigenvalue weighted by atomic mass is 16.4. The molecule has 0 fully saturated rings. The molecule has 1 aromatic heterocycles. The van der Waals surface area contributed by atoms with Crippen molar-refractivity contribution in [2.45, 2.75) is 27.3 Å². The minimum atomic E-state index is 0.429. The standard InChI is InChI=1S/C18H27N5O/c1-5-19-18(21-13-17-22-14(2)15(3)24-17)20-11-12-23(4)16-9-7-6-8-10-16/h6-10H,5,11-13H2,1-4H3,(H2,19,20,21). The fourth-order valence-corrected chi connectivity index (χ4v) is 2.25. The molecule has 130 valence electrons. The number of hydrogen-bond acceptors (Lipinski definition) is 4. The van der Waals surface area contributed by atoms with Crippen molar-refractivity contribution in [3.8, 4) is 0 Å². The number of para-hydroxylation sites is 1. The zero-order chi connectivity index (χ0) is 17.4. The molecule has 6 heteroatoms. The highest BCUT2D eigenvalue weighted by molar-refractivity contribution is 5.79. The lowest BCUT2D eigenvalue weighted by molar-refractivity contribution is 0.473. The summed E-state index contributed by atoms with van der Waals surface area (Å²) >= 11 is 0. The van der Waals surface area contributed by atoms with E-state index in [4.69, 9.17) is 4.42 Å². The van der Waals surface area contributed by atoms with Crippen LogP contribution in [0, 0.1) is 13.8 Å². The molecule has 0 atom stereocenters. The minimum Gasteiger partial charge on any atom is -0.444 e. The molecule has 1 aromatic carbocycles. The maximum Gasteiger partial charge on any atom is 0.216 e. The lowest BCUT2D eigenvalue weighted by atomic mass is 10.3. The van der Waals surface area contributed by atoms with E-state index in [1.807, 2.05) is 39.0 Å². The minimum absolute atomic E-state index is 0.429. The van der Waals surface area contributed by atoms with Crippen LogP contribution in [0.25, 0.3) is 0 Å². The number of likely N-dealkylation sites (N-methyl/N-ethyl adjacent to an activating group) is 1. The van der Waals surface area contributed by atoms with Crippen LogP contribution in [0.2, 0.25) is 0 Å². The highest BCUT2D eigenvalue weighted by Gasteiger charge is 2.06. The average Bonchev–Trinajstić information content (AvgIpc) is 2.91. The van der Waals surface area contributed by atoms with Crippen LogP contribution in [0.15, 0.2) is 39.7 Å². The molecule has 1 heterocycles. The molecule has 0 unspecified atom stereocenters. The van der Waals surface area contributed by atoms with Gasteiger partial charge in [-0.1, -0.05) is 18.2 Å². The van der Waals surface area contributed by atoms with Crippen molar-refractivity contribution in [2.24, 2.45) is 4.99 Å². The fourth-order valence-electron chi connectivity index (χ4n) is 2.25. The smallest absolute Gasteiger partial charge is 0.216 e. The third-order valence-electron chi connectivity index (χ3n) is 3.73. The molecule has 6 nitrogen and oxygen atoms in total. The summed E-state index contributed by atoms with van der Waals surface area (Å²) in [6, 6.07) is 10.3. The molecule has 0 saturated carbocycles. The monoisotopic (exact) mass is 329 g/mol. The van der Waals surface area contributed by atoms with Crippen molar-refractivity contribution < 1.29 is 4.42 Å². The number of aliphatic imine (C=N–C) groups is 1. The molecule has 24 heavy (non-hydrogen) atoms. The second-order valence-corrected chi connectivity index (χ2v) is 5.63. The van der Waals surface area contributed by atoms with Gasteiger partial charge in [-0.25, -0.2) is 9.98 Å². The molecule has 2 rings (SSSR count). The second kappa shape index (κ2) is 8.96. The topological polar surface area (TPSA) is 65.7 Å². The first-order chi connectivity index (χ1) is 11.6. The lowest BCUT2D eigenvalue weighted by Gasteiger charge is -2.20. The third kappa shape index (κ3) is 5.30. The van der Waals surface area contributed by atoms with Crippen molar-refractivity contribution in [1.82, 2.24) is 15.6 Å². The molecule has 0 bridgehead atoms. The molecule has 0 saturated heterocycles. The van der Waals surface area contributed by atoms with E-state index in [1.165, 1.54) is 5.69 Å². The number of nitrogens with zero attached hydrogens (tertiary/aromatic N) is 3. The van der Waals surface area contributed by atoms with Crippen molar-refractivity contribution in [2.75, 3.05) is 31.6 Å². The largest absolute Gasteiger partial charge is 0.444 e. The molecular formula is C18H27N5O. The van der Waals surface area contributed by atoms with Gasteiger partial charge in [0.2, 0.25) is 5.89 Å². The van der Waals surface area contributed by atoms with Crippen molar-refractivity contribution in [1.29, 1.82) is 0 Å². The highest BCUT2D eigenvalue weighted by Crippen LogP contribution is 2.10. The summed E-state index contributed by atoms with van der Waals surface area (Å²) in [5, 5.41) is 6.58. The summed E-state index contributed by atoms with van der Waals surface area (Å²) in [7, 11) is 2.08. The van der Waals surface area contributed by atoms with Crippen molar-refractivity contribution in [3.63, 3.8) is 0 Å². The summed E-state index contributed by atoms with van der Waals surface area (Å²) in [6.45, 7) is 8.81. The predicted octanol–water partition coefficient (Wildman–Crippen LogP) is 2.48. The molecule has 0 spiro atoms. The number of aromatic nitrogens is 1. The van der Waals surface area contributed by atoms with Crippen LogP contribution in [0.3, 0.4) is 0 Å². The number of guanidine groups is 1. The van der Waals surface area contributed by atoms with E-state index in [1.54, 1.807) is 0 Å². The Balaban J connectivity index is 1.85. The van der Waals surface area contributed by atoms with Gasteiger partial charge in [-0.05, 0) is 32.9 Å². The van der Waals surface area contributed by atoms with Crippen LogP contribution in [-0.2, 0) is 6.54 Å². The number of oxazole rings is 1. The van der Waals surface area contributed by atoms with E-state index in [0.717, 1.165) is 37.0 Å². The van der Waals surface area contributed by atoms with E-state index < -0.39 is 0 Å². The zero-order valence-corrected chi connectivity index (χ0v) is 15.0. The van der Waals surface area contributed by atoms with E-state index in [9.17, 15) is 0 Å². The molecule has 0 aliphatic heterocycles. The molecule has 2 aromatic rings. The van der Waals surface area contributed by atoms with Gasteiger partial charge in [-0.15, -0.1) is 0 Å². The molecular weight excluding hydrogens is 302 g/mol. The predicted molar refractivity (Wildman–Crippen MR) is 98.5 cm³/mol. The van der Waals surface area contributed by atoms with E-state index in [-0.39, 0.29) is 0 Å². The maximum atomic E-state index is 5.56. The number of hydrogen-bond donors (Lipinski definition) is 2. The first-order valence-electron chi connectivity index (χ1n) is 8.31. The summed E-state index contributed by atoms with van der Waals surface area (Å²) in [5.41, 5.74) is 2.12. The Kier molecular flexibility index (Phi) is 6.66. The average molecular weight is 329 g/mol. The van der Waals surface area contributed by atoms with Gasteiger partial charge in [0, 0.05) is 32.4 Å². The van der Waals surface area contributed by atoms with Gasteiger partial charge in [0.25, 0.3) is 0 Å². The zero-order valence-electron chi connectivity index (χ0n) is 15.0. The van der Waals surface area contributed by atoms with Gasteiger partial charge in [0.1, 0.15) is 12.3 Å². The van der Waals surface area contributed by atoms with Crippen LogP contribution < -0.4 is 15.5 Å². The quantitative estimate of drug-likeness (QED) is 0.603. The van der Waals surface area contributed by atoms with Crippen LogP contribution in [0.5, 0.6) is 0 Å². The normalized spacial score (nSPS) is 11.4. The summed E-state index contributed by atoms with van der Waals surface area (Å²) in [4.78, 5) is 11.1. The number of nitrogens with one attached hydrogen (secondary N) is 2. The van der Waals surface area contributed by atoms with Gasteiger partial charge < -0.3 is 20.0 Å². The summed E-state index contributed by atoms with van der Waals surface area (Å²) in [6.07, 6.45) is 0. The Labute approximate surface area is 144 Å². The summed E-state index contributed by atoms with van der Waals surface area (Å²) < 4.78 is 5.56. The number of benzene rings is 1. The van der Waals surface area contributed by atoms with E-state index in [2.05, 4.69) is 44.7 Å². The van der Waals surface area contributed by atoms with Gasteiger partial charge in [-0.2, -0.15) is 0 Å². The van der Waals surface area contributed by atoms with E-state index in [0.29, 0.717) is 12.4 Å². The summed E-state index contributed by atoms with van der Waals surface area (Å²) in [5.74, 6) is 2.26. The Hall–Kier alpha value is -2.50. The SMILES string of the molecule is CCNC(=NCc1nc(C)c(C)o1)NCCN(C)c1ccccc1. The number of rotatable bonds is 7. The Morgan fingerprint density at radius 2 is 1.96 bits per heavy atom. The Morgan fingerprint density at radius 1 is 1.21 bits per heavy atom. The van der Waals surface area contributed by atoms with Crippen LogP contribution in [0.4, 0.5) is 5.69 Å². The van der Waals surface area contributed by atoms with Crippen molar-refractivity contribution in [3.05, 3.63) is 47.7 Å². The number of aryl methyl sites for hydroxylation is 2. The van der Waals surface area contributed by atoms with Crippen LogP contribution in [-0.4, -0.2) is 37.6 Å². The van der Waals surface area contributed by atoms with Crippen molar-refractivity contribution >= 4 is 11.6 Å². The van der Waals surface area contributed by atoms with Gasteiger partial charge in [-0.3, -0.25) is 0 Å². The number of anilines is 1. The molecule has 0 aliphatic carbocycles. The molecule has 0 aliphatic rings. The lowest BCUT2D eigenvalue weighted by Crippen LogP contribution is -2.41.